The molecule has 1 aromatic heterocycles. The maximum atomic E-state index is 12.0. The monoisotopic (exact) mass is 273 g/mol. The van der Waals surface area contributed by atoms with Gasteiger partial charge in [-0.05, 0) is 12.1 Å². The van der Waals surface area contributed by atoms with Crippen LogP contribution in [-0.2, 0) is 4.79 Å². The molecule has 0 spiro atoms. The molecular weight excluding hydrogens is 262 g/mol. The maximum absolute atomic E-state index is 12.0. The van der Waals surface area contributed by atoms with Crippen LogP contribution in [-0.4, -0.2) is 26.7 Å². The van der Waals surface area contributed by atoms with Crippen LogP contribution in [0.25, 0.3) is 0 Å². The number of nitrogens with zero attached hydrogens (tertiary/aromatic N) is 3. The maximum Gasteiger partial charge on any atom is 0.240 e. The molecule has 0 bridgehead atoms. The molecule has 96 valence electrons. The van der Waals surface area contributed by atoms with E-state index in [0.717, 1.165) is 0 Å². The summed E-state index contributed by atoms with van der Waals surface area (Å²) in [6.45, 7) is 0. The third kappa shape index (κ3) is 2.15. The molecular formula is C13H11N3O2S. The van der Waals surface area contributed by atoms with Gasteiger partial charge in [0, 0.05) is 18.0 Å². The summed E-state index contributed by atoms with van der Waals surface area (Å²) in [7, 11) is 0. The number of para-hydroxylation sites is 1. The van der Waals surface area contributed by atoms with Gasteiger partial charge in [-0.15, -0.1) is 11.8 Å². The zero-order chi connectivity index (χ0) is 13.2. The third-order valence-corrected chi connectivity index (χ3v) is 4.03. The average Bonchev–Trinajstić information content (AvgIpc) is 2.82. The Labute approximate surface area is 114 Å². The van der Waals surface area contributed by atoms with Gasteiger partial charge < -0.3 is 5.11 Å². The van der Waals surface area contributed by atoms with E-state index in [1.54, 1.807) is 30.6 Å². The van der Waals surface area contributed by atoms with Crippen LogP contribution in [0.4, 0.5) is 5.95 Å². The topological polar surface area (TPSA) is 66.3 Å². The van der Waals surface area contributed by atoms with Crippen molar-refractivity contribution in [2.24, 2.45) is 0 Å². The fourth-order valence-electron chi connectivity index (χ4n) is 1.98. The Morgan fingerprint density at radius 2 is 1.95 bits per heavy atom. The molecule has 6 heteroatoms. The Kier molecular flexibility index (Phi) is 3.08. The summed E-state index contributed by atoms with van der Waals surface area (Å²) >= 11 is 1.46. The van der Waals surface area contributed by atoms with E-state index < -0.39 is 0 Å². The lowest BCUT2D eigenvalue weighted by molar-refractivity contribution is -0.115. The van der Waals surface area contributed by atoms with Crippen LogP contribution >= 0.6 is 11.8 Å². The average molecular weight is 273 g/mol. The fraction of sp³-hybridized carbons (Fsp3) is 0.154. The fourth-order valence-corrected chi connectivity index (χ4v) is 3.16. The third-order valence-electron chi connectivity index (χ3n) is 2.84. The molecule has 1 fully saturated rings. The molecule has 0 radical (unpaired) electrons. The van der Waals surface area contributed by atoms with Crippen LogP contribution in [0.2, 0.25) is 0 Å². The first kappa shape index (κ1) is 12.0. The molecule has 2 heterocycles. The highest BCUT2D eigenvalue weighted by atomic mass is 32.2. The lowest BCUT2D eigenvalue weighted by atomic mass is 10.2. The van der Waals surface area contributed by atoms with Crippen molar-refractivity contribution in [1.29, 1.82) is 0 Å². The number of hydrogen-bond donors (Lipinski definition) is 1. The lowest BCUT2D eigenvalue weighted by Gasteiger charge is -2.22. The first-order valence-corrected chi connectivity index (χ1v) is 6.81. The summed E-state index contributed by atoms with van der Waals surface area (Å²) < 4.78 is 0. The zero-order valence-electron chi connectivity index (χ0n) is 9.93. The predicted molar refractivity (Wildman–Crippen MR) is 72.8 cm³/mol. The van der Waals surface area contributed by atoms with E-state index in [4.69, 9.17) is 0 Å². The summed E-state index contributed by atoms with van der Waals surface area (Å²) in [6, 6.07) is 8.71. The van der Waals surface area contributed by atoms with Crippen molar-refractivity contribution in [3.8, 4) is 5.75 Å². The number of aromatic nitrogens is 2. The van der Waals surface area contributed by atoms with E-state index in [9.17, 15) is 9.90 Å². The second-order valence-electron chi connectivity index (χ2n) is 4.03. The molecule has 1 atom stereocenters. The van der Waals surface area contributed by atoms with Gasteiger partial charge in [0.1, 0.15) is 11.1 Å². The van der Waals surface area contributed by atoms with Gasteiger partial charge >= 0.3 is 0 Å². The molecule has 1 aromatic carbocycles. The number of carbonyl (C=O) groups is 1. The standard InChI is InChI=1S/C13H11N3O2S/c17-10-5-2-1-4-9(10)12-16(11(18)8-19-12)13-14-6-3-7-15-13/h1-7,12,17H,8H2. The summed E-state index contributed by atoms with van der Waals surface area (Å²) in [4.78, 5) is 21.8. The molecule has 3 rings (SSSR count). The molecule has 1 saturated heterocycles. The number of benzene rings is 1. The Hall–Kier alpha value is -2.08. The minimum atomic E-state index is -0.281. The Balaban J connectivity index is 2.02. The highest BCUT2D eigenvalue weighted by molar-refractivity contribution is 8.00. The van der Waals surface area contributed by atoms with Crippen molar-refractivity contribution in [2.75, 3.05) is 10.7 Å². The van der Waals surface area contributed by atoms with Crippen LogP contribution in [0.3, 0.4) is 0 Å². The first-order valence-electron chi connectivity index (χ1n) is 5.76. The predicted octanol–water partition coefficient (Wildman–Crippen LogP) is 1.96. The van der Waals surface area contributed by atoms with Crippen molar-refractivity contribution < 1.29 is 9.90 Å². The summed E-state index contributed by atoms with van der Waals surface area (Å²) in [5.74, 6) is 0.850. The Morgan fingerprint density at radius 1 is 1.21 bits per heavy atom. The number of aromatic hydroxyl groups is 1. The number of carbonyl (C=O) groups excluding carboxylic acids is 1. The zero-order valence-corrected chi connectivity index (χ0v) is 10.7. The van der Waals surface area contributed by atoms with E-state index in [-0.39, 0.29) is 17.0 Å². The van der Waals surface area contributed by atoms with Crippen molar-refractivity contribution >= 4 is 23.6 Å². The summed E-state index contributed by atoms with van der Waals surface area (Å²) in [5, 5.41) is 9.65. The Bertz CT molecular complexity index is 606. The van der Waals surface area contributed by atoms with Crippen molar-refractivity contribution in [2.45, 2.75) is 5.37 Å². The van der Waals surface area contributed by atoms with E-state index >= 15 is 0 Å². The van der Waals surface area contributed by atoms with Crippen LogP contribution in [0, 0.1) is 0 Å². The number of phenols is 1. The van der Waals surface area contributed by atoms with Crippen LogP contribution < -0.4 is 4.90 Å². The lowest BCUT2D eigenvalue weighted by Crippen LogP contribution is -2.29. The van der Waals surface area contributed by atoms with Gasteiger partial charge in [0.05, 0.1) is 5.75 Å². The number of phenolic OH excluding ortho intramolecular Hbond substituents is 1. The van der Waals surface area contributed by atoms with Gasteiger partial charge in [-0.2, -0.15) is 0 Å². The van der Waals surface area contributed by atoms with E-state index in [2.05, 4.69) is 9.97 Å². The minimum Gasteiger partial charge on any atom is -0.508 e. The van der Waals surface area contributed by atoms with Crippen LogP contribution in [0.1, 0.15) is 10.9 Å². The second kappa shape index (κ2) is 4.89. The molecule has 19 heavy (non-hydrogen) atoms. The van der Waals surface area contributed by atoms with E-state index in [1.165, 1.54) is 16.7 Å². The summed E-state index contributed by atoms with van der Waals surface area (Å²) in [5.41, 5.74) is 0.700. The normalized spacial score (nSPS) is 18.8. The molecule has 1 amide bonds. The molecule has 1 unspecified atom stereocenters. The highest BCUT2D eigenvalue weighted by Crippen LogP contribution is 2.43. The number of rotatable bonds is 2. The number of thioether (sulfide) groups is 1. The summed E-state index contributed by atoms with van der Waals surface area (Å²) in [6.07, 6.45) is 3.20. The second-order valence-corrected chi connectivity index (χ2v) is 5.10. The van der Waals surface area contributed by atoms with Gasteiger partial charge in [0.25, 0.3) is 0 Å². The molecule has 5 nitrogen and oxygen atoms in total. The van der Waals surface area contributed by atoms with E-state index in [1.807, 2.05) is 12.1 Å². The molecule has 0 aliphatic carbocycles. The highest BCUT2D eigenvalue weighted by Gasteiger charge is 2.36. The van der Waals surface area contributed by atoms with Crippen molar-refractivity contribution in [1.82, 2.24) is 9.97 Å². The first-order chi connectivity index (χ1) is 9.27. The Morgan fingerprint density at radius 3 is 2.68 bits per heavy atom. The van der Waals surface area contributed by atoms with Gasteiger partial charge in [-0.1, -0.05) is 18.2 Å². The minimum absolute atomic E-state index is 0.0514. The number of amides is 1. The molecule has 1 N–H and O–H groups in total. The van der Waals surface area contributed by atoms with Crippen molar-refractivity contribution in [3.05, 3.63) is 48.3 Å². The van der Waals surface area contributed by atoms with Crippen LogP contribution in [0.15, 0.2) is 42.7 Å². The van der Waals surface area contributed by atoms with Crippen molar-refractivity contribution in [3.63, 3.8) is 0 Å². The van der Waals surface area contributed by atoms with Crippen LogP contribution in [0.5, 0.6) is 5.75 Å². The number of anilines is 1. The van der Waals surface area contributed by atoms with Gasteiger partial charge in [-0.3, -0.25) is 9.69 Å². The largest absolute Gasteiger partial charge is 0.508 e. The molecule has 1 aliphatic rings. The number of hydrogen-bond acceptors (Lipinski definition) is 5. The van der Waals surface area contributed by atoms with Gasteiger partial charge in [0.2, 0.25) is 11.9 Å². The quantitative estimate of drug-likeness (QED) is 0.906. The SMILES string of the molecule is O=C1CSC(c2ccccc2O)N1c1ncccn1. The molecule has 0 saturated carbocycles. The van der Waals surface area contributed by atoms with E-state index in [0.29, 0.717) is 17.3 Å². The van der Waals surface area contributed by atoms with Gasteiger partial charge in [0.15, 0.2) is 0 Å². The smallest absolute Gasteiger partial charge is 0.240 e. The molecule has 1 aliphatic heterocycles. The van der Waals surface area contributed by atoms with Gasteiger partial charge in [-0.25, -0.2) is 9.97 Å². The molecule has 2 aromatic rings.